The molecule has 1 aliphatic heterocycles. The van der Waals surface area contributed by atoms with Crippen molar-refractivity contribution >= 4 is 12.0 Å². The van der Waals surface area contributed by atoms with Crippen LogP contribution in [0.4, 0.5) is 4.79 Å². The van der Waals surface area contributed by atoms with E-state index in [1.807, 2.05) is 37.3 Å². The zero-order chi connectivity index (χ0) is 13.0. The first-order valence-electron chi connectivity index (χ1n) is 5.90. The number of piperazine rings is 1. The lowest BCUT2D eigenvalue weighted by Crippen LogP contribution is -2.54. The first kappa shape index (κ1) is 12.4. The highest BCUT2D eigenvalue weighted by Gasteiger charge is 2.26. The second kappa shape index (κ2) is 5.53. The molecule has 0 spiro atoms. The van der Waals surface area contributed by atoms with Crippen molar-refractivity contribution in [3.63, 3.8) is 0 Å². The van der Waals surface area contributed by atoms with Gasteiger partial charge in [0.2, 0.25) is 5.91 Å². The van der Waals surface area contributed by atoms with Gasteiger partial charge < -0.3 is 10.1 Å². The summed E-state index contributed by atoms with van der Waals surface area (Å²) in [6.45, 7) is 2.64. The number of ether oxygens (including phenoxy) is 1. The van der Waals surface area contributed by atoms with Crippen molar-refractivity contribution in [2.24, 2.45) is 0 Å². The Balaban J connectivity index is 1.86. The summed E-state index contributed by atoms with van der Waals surface area (Å²) in [4.78, 5) is 24.5. The Hall–Kier alpha value is -2.04. The van der Waals surface area contributed by atoms with Gasteiger partial charge in [-0.2, -0.15) is 0 Å². The van der Waals surface area contributed by atoms with Crippen LogP contribution in [-0.2, 0) is 16.1 Å². The first-order chi connectivity index (χ1) is 8.65. The number of carbonyl (C=O) groups is 2. The van der Waals surface area contributed by atoms with Gasteiger partial charge in [0, 0.05) is 12.6 Å². The van der Waals surface area contributed by atoms with Gasteiger partial charge in [-0.15, -0.1) is 0 Å². The Morgan fingerprint density at radius 1 is 1.44 bits per heavy atom. The summed E-state index contributed by atoms with van der Waals surface area (Å²) >= 11 is 0. The number of amides is 2. The van der Waals surface area contributed by atoms with Crippen LogP contribution >= 0.6 is 0 Å². The zero-order valence-corrected chi connectivity index (χ0v) is 10.3. The average Bonchev–Trinajstić information content (AvgIpc) is 2.36. The number of rotatable bonds is 2. The maximum atomic E-state index is 11.8. The Bertz CT molecular complexity index is 433. The highest BCUT2D eigenvalue weighted by Crippen LogP contribution is 2.06. The van der Waals surface area contributed by atoms with Gasteiger partial charge in [-0.1, -0.05) is 30.3 Å². The smallest absolute Gasteiger partial charge is 0.410 e. The molecule has 0 aliphatic carbocycles. The van der Waals surface area contributed by atoms with E-state index < -0.39 is 6.09 Å². The molecule has 1 aromatic carbocycles. The van der Waals surface area contributed by atoms with Crippen LogP contribution in [-0.4, -0.2) is 36.0 Å². The molecule has 1 fully saturated rings. The molecule has 5 heteroatoms. The number of hydrogen-bond acceptors (Lipinski definition) is 3. The van der Waals surface area contributed by atoms with Crippen LogP contribution in [0.3, 0.4) is 0 Å². The molecule has 96 valence electrons. The van der Waals surface area contributed by atoms with Crippen molar-refractivity contribution in [3.8, 4) is 0 Å². The first-order valence-corrected chi connectivity index (χ1v) is 5.90. The lowest BCUT2D eigenvalue weighted by Gasteiger charge is -2.30. The molecule has 1 N–H and O–H groups in total. The third kappa shape index (κ3) is 3.23. The molecule has 18 heavy (non-hydrogen) atoms. The van der Waals surface area contributed by atoms with E-state index in [-0.39, 0.29) is 25.1 Å². The molecule has 1 saturated heterocycles. The Kier molecular flexibility index (Phi) is 3.82. The van der Waals surface area contributed by atoms with E-state index in [1.165, 1.54) is 4.90 Å². The minimum Gasteiger partial charge on any atom is -0.445 e. The predicted molar refractivity (Wildman–Crippen MR) is 65.8 cm³/mol. The average molecular weight is 248 g/mol. The molecule has 1 aromatic rings. The Labute approximate surface area is 106 Å². The third-order valence-electron chi connectivity index (χ3n) is 2.70. The maximum Gasteiger partial charge on any atom is 0.410 e. The van der Waals surface area contributed by atoms with Crippen molar-refractivity contribution in [1.29, 1.82) is 0 Å². The fourth-order valence-corrected chi connectivity index (χ4v) is 1.88. The van der Waals surface area contributed by atoms with Crippen molar-refractivity contribution in [2.75, 3.05) is 13.1 Å². The maximum absolute atomic E-state index is 11.8. The second-order valence-electron chi connectivity index (χ2n) is 4.39. The van der Waals surface area contributed by atoms with E-state index in [0.717, 1.165) is 5.56 Å². The summed E-state index contributed by atoms with van der Waals surface area (Å²) in [5.41, 5.74) is 0.931. The fraction of sp³-hybridized carbons (Fsp3) is 0.385. The minimum atomic E-state index is -0.444. The largest absolute Gasteiger partial charge is 0.445 e. The van der Waals surface area contributed by atoms with Gasteiger partial charge in [-0.05, 0) is 12.5 Å². The number of benzene rings is 1. The molecule has 0 aromatic heterocycles. The number of nitrogens with zero attached hydrogens (tertiary/aromatic N) is 1. The summed E-state index contributed by atoms with van der Waals surface area (Å²) in [7, 11) is 0. The van der Waals surface area contributed by atoms with E-state index >= 15 is 0 Å². The van der Waals surface area contributed by atoms with Gasteiger partial charge in [0.25, 0.3) is 0 Å². The SMILES string of the molecule is C[C@@H]1CN(C(=O)OCc2ccccc2)CC(=O)N1. The highest BCUT2D eigenvalue weighted by molar-refractivity contribution is 5.83. The minimum absolute atomic E-state index is 0.0319. The number of nitrogens with one attached hydrogen (secondary N) is 1. The molecule has 0 bridgehead atoms. The molecular formula is C13H16N2O3. The number of carbonyl (C=O) groups excluding carboxylic acids is 2. The van der Waals surface area contributed by atoms with Crippen LogP contribution in [0.1, 0.15) is 12.5 Å². The summed E-state index contributed by atoms with van der Waals surface area (Å²) in [5, 5.41) is 2.75. The van der Waals surface area contributed by atoms with Crippen LogP contribution < -0.4 is 5.32 Å². The van der Waals surface area contributed by atoms with Gasteiger partial charge in [0.05, 0.1) is 0 Å². The summed E-state index contributed by atoms with van der Waals surface area (Å²) in [5.74, 6) is -0.148. The molecule has 0 radical (unpaired) electrons. The van der Waals surface area contributed by atoms with Crippen molar-refractivity contribution in [2.45, 2.75) is 19.6 Å². The molecule has 0 saturated carbocycles. The summed E-state index contributed by atoms with van der Waals surface area (Å²) < 4.78 is 5.17. The van der Waals surface area contributed by atoms with Crippen molar-refractivity contribution < 1.29 is 14.3 Å². The van der Waals surface area contributed by atoms with E-state index in [4.69, 9.17) is 4.74 Å². The van der Waals surface area contributed by atoms with Crippen LogP contribution in [0.25, 0.3) is 0 Å². The lowest BCUT2D eigenvalue weighted by atomic mass is 10.2. The Morgan fingerprint density at radius 2 is 2.17 bits per heavy atom. The molecule has 1 atom stereocenters. The third-order valence-corrected chi connectivity index (χ3v) is 2.70. The quantitative estimate of drug-likeness (QED) is 0.854. The fourth-order valence-electron chi connectivity index (χ4n) is 1.88. The van der Waals surface area contributed by atoms with Gasteiger partial charge >= 0.3 is 6.09 Å². The molecule has 5 nitrogen and oxygen atoms in total. The normalized spacial score (nSPS) is 19.3. The lowest BCUT2D eigenvalue weighted by molar-refractivity contribution is -0.124. The van der Waals surface area contributed by atoms with Gasteiger partial charge in [0.15, 0.2) is 0 Å². The van der Waals surface area contributed by atoms with E-state index in [2.05, 4.69) is 5.32 Å². The van der Waals surface area contributed by atoms with Crippen molar-refractivity contribution in [3.05, 3.63) is 35.9 Å². The topological polar surface area (TPSA) is 58.6 Å². The van der Waals surface area contributed by atoms with Crippen LogP contribution in [0.15, 0.2) is 30.3 Å². The highest BCUT2D eigenvalue weighted by atomic mass is 16.6. The van der Waals surface area contributed by atoms with Crippen LogP contribution in [0, 0.1) is 0 Å². The van der Waals surface area contributed by atoms with Gasteiger partial charge in [-0.25, -0.2) is 4.79 Å². The molecule has 1 aliphatic rings. The van der Waals surface area contributed by atoms with Gasteiger partial charge in [-0.3, -0.25) is 9.69 Å². The molecule has 2 rings (SSSR count). The monoisotopic (exact) mass is 248 g/mol. The van der Waals surface area contributed by atoms with Crippen LogP contribution in [0.5, 0.6) is 0 Å². The summed E-state index contributed by atoms with van der Waals surface area (Å²) in [6.07, 6.45) is -0.444. The number of hydrogen-bond donors (Lipinski definition) is 1. The molecular weight excluding hydrogens is 232 g/mol. The summed E-state index contributed by atoms with van der Waals surface area (Å²) in [6, 6.07) is 9.43. The predicted octanol–water partition coefficient (Wildman–Crippen LogP) is 1.14. The molecule has 1 heterocycles. The Morgan fingerprint density at radius 3 is 2.83 bits per heavy atom. The molecule has 2 amide bonds. The standard InChI is InChI=1S/C13H16N2O3/c1-10-7-15(8-12(16)14-10)13(17)18-9-11-5-3-2-4-6-11/h2-6,10H,7-9H2,1H3,(H,14,16)/t10-/m1/s1. The van der Waals surface area contributed by atoms with E-state index in [1.54, 1.807) is 0 Å². The van der Waals surface area contributed by atoms with Crippen molar-refractivity contribution in [1.82, 2.24) is 10.2 Å². The van der Waals surface area contributed by atoms with Gasteiger partial charge in [0.1, 0.15) is 13.2 Å². The second-order valence-corrected chi connectivity index (χ2v) is 4.39. The van der Waals surface area contributed by atoms with E-state index in [0.29, 0.717) is 6.54 Å². The van der Waals surface area contributed by atoms with E-state index in [9.17, 15) is 9.59 Å². The zero-order valence-electron chi connectivity index (χ0n) is 10.3. The van der Waals surface area contributed by atoms with Crippen LogP contribution in [0.2, 0.25) is 0 Å². The molecule has 0 unspecified atom stereocenters.